The first-order valence-electron chi connectivity index (χ1n) is 5.38. The lowest BCUT2D eigenvalue weighted by atomic mass is 10.1. The van der Waals surface area contributed by atoms with Crippen LogP contribution in [0.3, 0.4) is 0 Å². The number of aliphatic hydroxyl groups excluding tert-OH is 1. The maximum atomic E-state index is 13.8. The van der Waals surface area contributed by atoms with Crippen LogP contribution < -0.4 is 0 Å². The molecule has 0 heterocycles. The lowest BCUT2D eigenvalue weighted by Crippen LogP contribution is -1.96. The maximum absolute atomic E-state index is 13.8. The Bertz CT molecular complexity index is 497. The molecular formula is C14H13FOS. The number of hydrogen-bond acceptors (Lipinski definition) is 2. The minimum Gasteiger partial charge on any atom is -0.389 e. The molecule has 0 radical (unpaired) electrons. The zero-order chi connectivity index (χ0) is 12.3. The van der Waals surface area contributed by atoms with Crippen molar-refractivity contribution in [2.45, 2.75) is 22.8 Å². The number of hydrogen-bond donors (Lipinski definition) is 1. The molecule has 0 aromatic heterocycles. The van der Waals surface area contributed by atoms with Crippen molar-refractivity contribution in [1.29, 1.82) is 0 Å². The maximum Gasteiger partial charge on any atom is 0.137 e. The highest BCUT2D eigenvalue weighted by atomic mass is 32.2. The first-order valence-corrected chi connectivity index (χ1v) is 6.19. The van der Waals surface area contributed by atoms with E-state index in [1.807, 2.05) is 30.3 Å². The van der Waals surface area contributed by atoms with E-state index in [4.69, 9.17) is 0 Å². The summed E-state index contributed by atoms with van der Waals surface area (Å²) in [5.41, 5.74) is 0.624. The third-order valence-corrected chi connectivity index (χ3v) is 3.55. The van der Waals surface area contributed by atoms with Gasteiger partial charge in [-0.3, -0.25) is 0 Å². The molecule has 2 rings (SSSR count). The minimum atomic E-state index is -0.670. The Morgan fingerprint density at radius 3 is 2.41 bits per heavy atom. The summed E-state index contributed by atoms with van der Waals surface area (Å²) < 4.78 is 13.8. The highest BCUT2D eigenvalue weighted by Gasteiger charge is 2.13. The monoisotopic (exact) mass is 248 g/mol. The SMILES string of the molecule is C[C@@H](O)c1cccc(F)c1Sc1ccccc1. The van der Waals surface area contributed by atoms with Gasteiger partial charge >= 0.3 is 0 Å². The Morgan fingerprint density at radius 2 is 1.76 bits per heavy atom. The largest absolute Gasteiger partial charge is 0.389 e. The molecule has 0 aliphatic rings. The van der Waals surface area contributed by atoms with Crippen LogP contribution in [0.2, 0.25) is 0 Å². The van der Waals surface area contributed by atoms with Gasteiger partial charge in [-0.1, -0.05) is 42.1 Å². The highest BCUT2D eigenvalue weighted by molar-refractivity contribution is 7.99. The van der Waals surface area contributed by atoms with Crippen LogP contribution in [0.25, 0.3) is 0 Å². The standard InChI is InChI=1S/C14H13FOS/c1-10(16)12-8-5-9-13(15)14(12)17-11-6-3-2-4-7-11/h2-10,16H,1H3/t10-/m1/s1. The van der Waals surface area contributed by atoms with Gasteiger partial charge in [0.15, 0.2) is 0 Å². The molecule has 0 amide bonds. The molecule has 3 heteroatoms. The van der Waals surface area contributed by atoms with Gasteiger partial charge in [-0.2, -0.15) is 0 Å². The molecule has 2 aromatic carbocycles. The second-order valence-corrected chi connectivity index (χ2v) is 4.83. The van der Waals surface area contributed by atoms with Crippen LogP contribution in [-0.4, -0.2) is 5.11 Å². The van der Waals surface area contributed by atoms with Crippen LogP contribution in [0.15, 0.2) is 58.3 Å². The lowest BCUT2D eigenvalue weighted by Gasteiger charge is -2.12. The quantitative estimate of drug-likeness (QED) is 0.885. The topological polar surface area (TPSA) is 20.2 Å². The summed E-state index contributed by atoms with van der Waals surface area (Å²) in [6.07, 6.45) is -0.670. The molecule has 0 fully saturated rings. The first kappa shape index (κ1) is 12.1. The van der Waals surface area contributed by atoms with Crippen molar-refractivity contribution in [2.24, 2.45) is 0 Å². The average molecular weight is 248 g/mol. The fraction of sp³-hybridized carbons (Fsp3) is 0.143. The van der Waals surface area contributed by atoms with Gasteiger partial charge in [0.05, 0.1) is 11.0 Å². The molecular weight excluding hydrogens is 235 g/mol. The first-order chi connectivity index (χ1) is 8.18. The van der Waals surface area contributed by atoms with Crippen LogP contribution in [0.1, 0.15) is 18.6 Å². The minimum absolute atomic E-state index is 0.294. The summed E-state index contributed by atoms with van der Waals surface area (Å²) in [6, 6.07) is 14.4. The second-order valence-electron chi connectivity index (χ2n) is 3.75. The normalized spacial score (nSPS) is 12.4. The van der Waals surface area contributed by atoms with Crippen molar-refractivity contribution in [3.8, 4) is 0 Å². The van der Waals surface area contributed by atoms with Crippen LogP contribution in [-0.2, 0) is 0 Å². The summed E-state index contributed by atoms with van der Waals surface area (Å²) in [7, 11) is 0. The van der Waals surface area contributed by atoms with E-state index in [0.717, 1.165) is 4.90 Å². The van der Waals surface area contributed by atoms with Crippen molar-refractivity contribution in [1.82, 2.24) is 0 Å². The van der Waals surface area contributed by atoms with E-state index in [1.54, 1.807) is 19.1 Å². The van der Waals surface area contributed by atoms with Crippen molar-refractivity contribution < 1.29 is 9.50 Å². The Kier molecular flexibility index (Phi) is 3.82. The summed E-state index contributed by atoms with van der Waals surface area (Å²) >= 11 is 1.33. The van der Waals surface area contributed by atoms with Gasteiger partial charge in [-0.15, -0.1) is 0 Å². The number of halogens is 1. The molecule has 0 aliphatic carbocycles. The smallest absolute Gasteiger partial charge is 0.137 e. The summed E-state index contributed by atoms with van der Waals surface area (Å²) in [5, 5.41) is 9.63. The lowest BCUT2D eigenvalue weighted by molar-refractivity contribution is 0.195. The molecule has 0 aliphatic heterocycles. The van der Waals surface area contributed by atoms with E-state index in [9.17, 15) is 9.50 Å². The fourth-order valence-electron chi connectivity index (χ4n) is 1.57. The molecule has 0 unspecified atom stereocenters. The van der Waals surface area contributed by atoms with E-state index in [2.05, 4.69) is 0 Å². The van der Waals surface area contributed by atoms with Gasteiger partial charge in [0, 0.05) is 4.90 Å². The zero-order valence-electron chi connectivity index (χ0n) is 9.43. The number of rotatable bonds is 3. The Labute approximate surface area is 104 Å². The van der Waals surface area contributed by atoms with Crippen molar-refractivity contribution in [3.63, 3.8) is 0 Å². The van der Waals surface area contributed by atoms with Gasteiger partial charge in [-0.05, 0) is 30.7 Å². The van der Waals surface area contributed by atoms with Crippen LogP contribution in [0.5, 0.6) is 0 Å². The molecule has 1 nitrogen and oxygen atoms in total. The van der Waals surface area contributed by atoms with Crippen LogP contribution in [0.4, 0.5) is 4.39 Å². The Morgan fingerprint density at radius 1 is 1.06 bits per heavy atom. The number of aliphatic hydroxyl groups is 1. The molecule has 17 heavy (non-hydrogen) atoms. The third kappa shape index (κ3) is 2.87. The van der Waals surface area contributed by atoms with Gasteiger partial charge in [0.25, 0.3) is 0 Å². The van der Waals surface area contributed by atoms with E-state index in [1.165, 1.54) is 17.8 Å². The molecule has 1 N–H and O–H groups in total. The molecule has 0 bridgehead atoms. The summed E-state index contributed by atoms with van der Waals surface area (Å²) in [6.45, 7) is 1.64. The van der Waals surface area contributed by atoms with E-state index in [0.29, 0.717) is 10.5 Å². The van der Waals surface area contributed by atoms with Crippen molar-refractivity contribution in [3.05, 3.63) is 59.9 Å². The molecule has 0 saturated carbocycles. The van der Waals surface area contributed by atoms with Gasteiger partial charge in [0.2, 0.25) is 0 Å². The van der Waals surface area contributed by atoms with Crippen LogP contribution >= 0.6 is 11.8 Å². The summed E-state index contributed by atoms with van der Waals surface area (Å²) in [4.78, 5) is 1.45. The fourth-order valence-corrected chi connectivity index (χ4v) is 2.62. The van der Waals surface area contributed by atoms with E-state index < -0.39 is 6.10 Å². The van der Waals surface area contributed by atoms with Gasteiger partial charge in [-0.25, -0.2) is 4.39 Å². The van der Waals surface area contributed by atoms with Gasteiger partial charge < -0.3 is 5.11 Å². The van der Waals surface area contributed by atoms with Gasteiger partial charge in [0.1, 0.15) is 5.82 Å². The molecule has 1 atom stereocenters. The molecule has 88 valence electrons. The Hall–Kier alpha value is -1.32. The molecule has 0 spiro atoms. The van der Waals surface area contributed by atoms with E-state index >= 15 is 0 Å². The van der Waals surface area contributed by atoms with Crippen LogP contribution in [0, 0.1) is 5.82 Å². The number of benzene rings is 2. The van der Waals surface area contributed by atoms with Crippen molar-refractivity contribution in [2.75, 3.05) is 0 Å². The average Bonchev–Trinajstić information content (AvgIpc) is 2.33. The zero-order valence-corrected chi connectivity index (χ0v) is 10.2. The second kappa shape index (κ2) is 5.34. The summed E-state index contributed by atoms with van der Waals surface area (Å²) in [5.74, 6) is -0.294. The predicted molar refractivity (Wildman–Crippen MR) is 67.6 cm³/mol. The predicted octanol–water partition coefficient (Wildman–Crippen LogP) is 4.03. The Balaban J connectivity index is 2.38. The third-order valence-electron chi connectivity index (χ3n) is 2.41. The van der Waals surface area contributed by atoms with Crippen molar-refractivity contribution >= 4 is 11.8 Å². The van der Waals surface area contributed by atoms with E-state index in [-0.39, 0.29) is 5.82 Å². The highest BCUT2D eigenvalue weighted by Crippen LogP contribution is 2.35. The molecule has 2 aromatic rings. The molecule has 0 saturated heterocycles.